The van der Waals surface area contributed by atoms with E-state index in [1.807, 2.05) is 0 Å². The highest BCUT2D eigenvalue weighted by atomic mass is 16.5. The summed E-state index contributed by atoms with van der Waals surface area (Å²) in [4.78, 5) is 23.0. The van der Waals surface area contributed by atoms with Gasteiger partial charge in [0.25, 0.3) is 0 Å². The molecule has 2 rings (SSSR count). The molecule has 2 unspecified atom stereocenters. The van der Waals surface area contributed by atoms with Gasteiger partial charge in [-0.3, -0.25) is 4.79 Å². The summed E-state index contributed by atoms with van der Waals surface area (Å²) in [7, 11) is 1.35. The van der Waals surface area contributed by atoms with Crippen molar-refractivity contribution in [2.24, 2.45) is 11.8 Å². The average molecular weight is 211 g/mol. The highest BCUT2D eigenvalue weighted by Crippen LogP contribution is 2.37. The Hall–Kier alpha value is -1.06. The van der Waals surface area contributed by atoms with E-state index < -0.39 is 6.09 Å². The number of hydrogen-bond acceptors (Lipinski definition) is 3. The van der Waals surface area contributed by atoms with Gasteiger partial charge < -0.3 is 10.1 Å². The van der Waals surface area contributed by atoms with Crippen LogP contribution in [-0.2, 0) is 9.53 Å². The third kappa shape index (κ3) is 2.30. The summed E-state index contributed by atoms with van der Waals surface area (Å²) >= 11 is 0. The van der Waals surface area contributed by atoms with Crippen LogP contribution >= 0.6 is 0 Å². The number of amides is 1. The first-order valence-corrected chi connectivity index (χ1v) is 5.60. The summed E-state index contributed by atoms with van der Waals surface area (Å²) in [6.07, 6.45) is 4.51. The van der Waals surface area contributed by atoms with Crippen molar-refractivity contribution in [3.05, 3.63) is 0 Å². The second-order valence-corrected chi connectivity index (χ2v) is 4.46. The largest absolute Gasteiger partial charge is 0.453 e. The molecule has 0 spiro atoms. The fraction of sp³-hybridized carbons (Fsp3) is 0.818. The molecule has 0 heterocycles. The Morgan fingerprint density at radius 1 is 1.20 bits per heavy atom. The van der Waals surface area contributed by atoms with Gasteiger partial charge in [-0.05, 0) is 25.7 Å². The summed E-state index contributed by atoms with van der Waals surface area (Å²) in [5.41, 5.74) is 0. The van der Waals surface area contributed by atoms with Crippen molar-refractivity contribution in [2.45, 2.75) is 38.1 Å². The van der Waals surface area contributed by atoms with Crippen LogP contribution in [0.1, 0.15) is 32.1 Å². The van der Waals surface area contributed by atoms with Crippen LogP contribution in [0.2, 0.25) is 0 Å². The fourth-order valence-electron chi connectivity index (χ4n) is 2.35. The number of carbonyl (C=O) groups excluding carboxylic acids is 2. The first kappa shape index (κ1) is 10.5. The zero-order valence-corrected chi connectivity index (χ0v) is 8.99. The van der Waals surface area contributed by atoms with Gasteiger partial charge in [0.2, 0.25) is 0 Å². The van der Waals surface area contributed by atoms with E-state index in [9.17, 15) is 9.59 Å². The second-order valence-electron chi connectivity index (χ2n) is 4.46. The fourth-order valence-corrected chi connectivity index (χ4v) is 2.35. The van der Waals surface area contributed by atoms with Crippen LogP contribution in [-0.4, -0.2) is 25.0 Å². The molecule has 15 heavy (non-hydrogen) atoms. The van der Waals surface area contributed by atoms with Crippen molar-refractivity contribution in [3.63, 3.8) is 0 Å². The third-order valence-electron chi connectivity index (χ3n) is 3.35. The molecule has 0 aromatic heterocycles. The van der Waals surface area contributed by atoms with Gasteiger partial charge in [-0.25, -0.2) is 4.79 Å². The number of ketones is 1. The molecule has 2 aliphatic carbocycles. The minimum absolute atomic E-state index is 0.00514. The number of nitrogens with one attached hydrogen (secondary N) is 1. The molecular formula is C11H17NO3. The van der Waals surface area contributed by atoms with Gasteiger partial charge in [0.05, 0.1) is 7.11 Å². The van der Waals surface area contributed by atoms with Gasteiger partial charge in [-0.2, -0.15) is 0 Å². The predicted molar refractivity (Wildman–Crippen MR) is 54.4 cm³/mol. The quantitative estimate of drug-likeness (QED) is 0.769. The second kappa shape index (κ2) is 4.21. The molecular weight excluding hydrogens is 194 g/mol. The van der Waals surface area contributed by atoms with E-state index in [4.69, 9.17) is 0 Å². The van der Waals surface area contributed by atoms with Crippen LogP contribution in [0.4, 0.5) is 4.79 Å². The zero-order valence-electron chi connectivity index (χ0n) is 8.99. The van der Waals surface area contributed by atoms with Crippen molar-refractivity contribution in [2.75, 3.05) is 7.11 Å². The highest BCUT2D eigenvalue weighted by Gasteiger charge is 2.41. The molecule has 0 aromatic rings. The lowest BCUT2D eigenvalue weighted by molar-refractivity contribution is -0.124. The van der Waals surface area contributed by atoms with Crippen molar-refractivity contribution in [1.82, 2.24) is 5.32 Å². The Morgan fingerprint density at radius 2 is 1.93 bits per heavy atom. The summed E-state index contributed by atoms with van der Waals surface area (Å²) in [5, 5.41) is 2.76. The molecule has 2 saturated carbocycles. The molecule has 4 heteroatoms. The number of rotatable bonds is 3. The topological polar surface area (TPSA) is 55.4 Å². The van der Waals surface area contributed by atoms with E-state index in [0.29, 0.717) is 5.78 Å². The van der Waals surface area contributed by atoms with Crippen LogP contribution in [0, 0.1) is 11.8 Å². The van der Waals surface area contributed by atoms with Crippen LogP contribution in [0.25, 0.3) is 0 Å². The number of hydrogen-bond donors (Lipinski definition) is 1. The Bertz CT molecular complexity index is 273. The van der Waals surface area contributed by atoms with Crippen molar-refractivity contribution in [1.29, 1.82) is 0 Å². The maximum atomic E-state index is 11.9. The normalized spacial score (nSPS) is 29.9. The number of carbonyl (C=O) groups is 2. The molecule has 4 nitrogen and oxygen atoms in total. The van der Waals surface area contributed by atoms with Gasteiger partial charge in [0, 0.05) is 17.9 Å². The summed E-state index contributed by atoms with van der Waals surface area (Å²) in [6, 6.07) is 0.00514. The molecule has 0 radical (unpaired) electrons. The number of methoxy groups -OCH3 is 1. The van der Waals surface area contributed by atoms with Crippen LogP contribution < -0.4 is 5.32 Å². The van der Waals surface area contributed by atoms with Crippen molar-refractivity contribution in [3.8, 4) is 0 Å². The van der Waals surface area contributed by atoms with E-state index in [0.717, 1.165) is 32.1 Å². The number of alkyl carbamates (subject to hydrolysis) is 1. The van der Waals surface area contributed by atoms with Gasteiger partial charge >= 0.3 is 6.09 Å². The minimum atomic E-state index is -0.421. The van der Waals surface area contributed by atoms with E-state index in [2.05, 4.69) is 10.1 Å². The Labute approximate surface area is 89.4 Å². The van der Waals surface area contributed by atoms with E-state index >= 15 is 0 Å². The monoisotopic (exact) mass is 211 g/mol. The molecule has 84 valence electrons. The summed E-state index contributed by atoms with van der Waals surface area (Å²) in [5.74, 6) is 0.681. The van der Waals surface area contributed by atoms with Gasteiger partial charge in [-0.1, -0.05) is 6.42 Å². The maximum absolute atomic E-state index is 11.9. The first-order chi connectivity index (χ1) is 7.22. The molecule has 0 saturated heterocycles. The molecule has 2 atom stereocenters. The SMILES string of the molecule is COC(=O)NC1CCCC1C(=O)C1CC1. The summed E-state index contributed by atoms with van der Waals surface area (Å²) < 4.78 is 4.55. The highest BCUT2D eigenvalue weighted by molar-refractivity contribution is 5.86. The first-order valence-electron chi connectivity index (χ1n) is 5.60. The standard InChI is InChI=1S/C11H17NO3/c1-15-11(14)12-9-4-2-3-8(9)10(13)7-5-6-7/h7-9H,2-6H2,1H3,(H,12,14). The lowest BCUT2D eigenvalue weighted by Gasteiger charge is -2.18. The molecule has 0 bridgehead atoms. The molecule has 0 aromatic carbocycles. The Balaban J connectivity index is 1.92. The van der Waals surface area contributed by atoms with Gasteiger partial charge in [0.1, 0.15) is 5.78 Å². The smallest absolute Gasteiger partial charge is 0.407 e. The van der Waals surface area contributed by atoms with Crippen LogP contribution in [0.15, 0.2) is 0 Å². The molecule has 0 aliphatic heterocycles. The molecule has 1 N–H and O–H groups in total. The lowest BCUT2D eigenvalue weighted by Crippen LogP contribution is -2.40. The van der Waals surface area contributed by atoms with Gasteiger partial charge in [0.15, 0.2) is 0 Å². The maximum Gasteiger partial charge on any atom is 0.407 e. The number of Topliss-reactive ketones (excluding diaryl/α,β-unsaturated/α-hetero) is 1. The van der Waals surface area contributed by atoms with Gasteiger partial charge in [-0.15, -0.1) is 0 Å². The van der Waals surface area contributed by atoms with Crippen molar-refractivity contribution < 1.29 is 14.3 Å². The third-order valence-corrected chi connectivity index (χ3v) is 3.35. The van der Waals surface area contributed by atoms with E-state index in [1.54, 1.807) is 0 Å². The molecule has 2 fully saturated rings. The number of ether oxygens (including phenoxy) is 1. The molecule has 1 amide bonds. The van der Waals surface area contributed by atoms with Crippen molar-refractivity contribution >= 4 is 11.9 Å². The van der Waals surface area contributed by atoms with E-state index in [-0.39, 0.29) is 17.9 Å². The lowest BCUT2D eigenvalue weighted by atomic mass is 9.95. The molecule has 2 aliphatic rings. The Kier molecular flexibility index (Phi) is 2.93. The predicted octanol–water partition coefficient (Wildman–Crippen LogP) is 1.49. The minimum Gasteiger partial charge on any atom is -0.453 e. The zero-order chi connectivity index (χ0) is 10.8. The van der Waals surface area contributed by atoms with E-state index in [1.165, 1.54) is 7.11 Å². The Morgan fingerprint density at radius 3 is 2.53 bits per heavy atom. The van der Waals surface area contributed by atoms with Crippen LogP contribution in [0.5, 0.6) is 0 Å². The van der Waals surface area contributed by atoms with Crippen LogP contribution in [0.3, 0.4) is 0 Å². The summed E-state index contributed by atoms with van der Waals surface area (Å²) in [6.45, 7) is 0. The average Bonchev–Trinajstić information content (AvgIpc) is 2.99.